The van der Waals surface area contributed by atoms with Gasteiger partial charge in [0.2, 0.25) is 0 Å². The van der Waals surface area contributed by atoms with Crippen LogP contribution >= 0.6 is 0 Å². The fourth-order valence-electron chi connectivity index (χ4n) is 1.44. The SMILES string of the molecule is Cn1c(=O)c2nc(C(=O)O)cnc2n(C)c1=O. The van der Waals surface area contributed by atoms with E-state index in [9.17, 15) is 14.4 Å². The summed E-state index contributed by atoms with van der Waals surface area (Å²) in [5.41, 5.74) is -1.63. The van der Waals surface area contributed by atoms with Crippen molar-refractivity contribution in [1.82, 2.24) is 19.1 Å². The van der Waals surface area contributed by atoms with Gasteiger partial charge in [0.15, 0.2) is 16.9 Å². The normalized spacial score (nSPS) is 10.7. The summed E-state index contributed by atoms with van der Waals surface area (Å²) in [6.07, 6.45) is 1.00. The summed E-state index contributed by atoms with van der Waals surface area (Å²) in [5, 5.41) is 8.75. The molecule has 0 saturated heterocycles. The number of fused-ring (bicyclic) bond motifs is 1. The Hall–Kier alpha value is -2.51. The number of rotatable bonds is 1. The lowest BCUT2D eigenvalue weighted by Crippen LogP contribution is -2.37. The average molecular weight is 236 g/mol. The van der Waals surface area contributed by atoms with Crippen molar-refractivity contribution >= 4 is 17.1 Å². The predicted octanol–water partition coefficient (Wildman–Crippen LogP) is -1.27. The quantitative estimate of drug-likeness (QED) is 0.661. The lowest BCUT2D eigenvalue weighted by atomic mass is 10.4. The zero-order valence-electron chi connectivity index (χ0n) is 9.04. The maximum atomic E-state index is 11.7. The van der Waals surface area contributed by atoms with Crippen LogP contribution in [0.3, 0.4) is 0 Å². The van der Waals surface area contributed by atoms with Gasteiger partial charge in [0, 0.05) is 14.1 Å². The van der Waals surface area contributed by atoms with Crippen molar-refractivity contribution in [2.45, 2.75) is 0 Å². The largest absolute Gasteiger partial charge is 0.476 e. The number of aromatic carboxylic acids is 1. The molecular weight excluding hydrogens is 228 g/mol. The fraction of sp³-hybridized carbons (Fsp3) is 0.222. The molecule has 0 aliphatic carbocycles. The molecule has 2 aromatic rings. The standard InChI is InChI=1S/C9H8N4O4/c1-12-6-5(7(14)13(2)9(12)17)11-4(3-10-6)8(15)16/h3H,1-2H3,(H,15,16). The Morgan fingerprint density at radius 2 is 1.94 bits per heavy atom. The molecule has 2 heterocycles. The number of hydrogen-bond acceptors (Lipinski definition) is 5. The van der Waals surface area contributed by atoms with Crippen molar-refractivity contribution in [3.8, 4) is 0 Å². The molecule has 0 unspecified atom stereocenters. The third-order valence-corrected chi connectivity index (χ3v) is 2.37. The van der Waals surface area contributed by atoms with Crippen LogP contribution in [0.4, 0.5) is 0 Å². The minimum atomic E-state index is -1.28. The summed E-state index contributed by atoms with van der Waals surface area (Å²) in [4.78, 5) is 41.5. The molecule has 0 bridgehead atoms. The van der Waals surface area contributed by atoms with E-state index in [1.54, 1.807) is 0 Å². The van der Waals surface area contributed by atoms with Crippen molar-refractivity contribution in [2.24, 2.45) is 14.1 Å². The first-order valence-electron chi connectivity index (χ1n) is 4.59. The van der Waals surface area contributed by atoms with Gasteiger partial charge in [0.1, 0.15) is 0 Å². The molecule has 17 heavy (non-hydrogen) atoms. The number of aryl methyl sites for hydroxylation is 1. The monoisotopic (exact) mass is 236 g/mol. The van der Waals surface area contributed by atoms with E-state index in [-0.39, 0.29) is 16.9 Å². The summed E-state index contributed by atoms with van der Waals surface area (Å²) in [7, 11) is 2.72. The molecule has 8 nitrogen and oxygen atoms in total. The van der Waals surface area contributed by atoms with Crippen molar-refractivity contribution < 1.29 is 9.90 Å². The van der Waals surface area contributed by atoms with E-state index in [0.29, 0.717) is 0 Å². The molecule has 0 fully saturated rings. The number of nitrogens with zero attached hydrogens (tertiary/aromatic N) is 4. The minimum Gasteiger partial charge on any atom is -0.476 e. The van der Waals surface area contributed by atoms with E-state index >= 15 is 0 Å². The van der Waals surface area contributed by atoms with Gasteiger partial charge in [-0.2, -0.15) is 0 Å². The van der Waals surface area contributed by atoms with Crippen LogP contribution in [0.25, 0.3) is 11.2 Å². The average Bonchev–Trinajstić information content (AvgIpc) is 2.32. The molecule has 0 aliphatic heterocycles. The highest BCUT2D eigenvalue weighted by Crippen LogP contribution is 2.01. The van der Waals surface area contributed by atoms with Gasteiger partial charge in [0.25, 0.3) is 5.56 Å². The van der Waals surface area contributed by atoms with E-state index < -0.39 is 17.2 Å². The van der Waals surface area contributed by atoms with Gasteiger partial charge in [-0.1, -0.05) is 0 Å². The Morgan fingerprint density at radius 1 is 1.29 bits per heavy atom. The van der Waals surface area contributed by atoms with E-state index in [1.165, 1.54) is 14.1 Å². The fourth-order valence-corrected chi connectivity index (χ4v) is 1.44. The highest BCUT2D eigenvalue weighted by atomic mass is 16.4. The number of carbonyl (C=O) groups is 1. The summed E-state index contributed by atoms with van der Waals surface area (Å²) in [6, 6.07) is 0. The second-order valence-electron chi connectivity index (χ2n) is 3.44. The molecule has 0 aliphatic rings. The maximum absolute atomic E-state index is 11.7. The molecule has 0 atom stereocenters. The van der Waals surface area contributed by atoms with Crippen LogP contribution in [0, 0.1) is 0 Å². The van der Waals surface area contributed by atoms with Gasteiger partial charge < -0.3 is 5.11 Å². The van der Waals surface area contributed by atoms with E-state index in [1.807, 2.05) is 0 Å². The lowest BCUT2D eigenvalue weighted by Gasteiger charge is -2.05. The third-order valence-electron chi connectivity index (χ3n) is 2.37. The molecule has 2 rings (SSSR count). The van der Waals surface area contributed by atoms with E-state index in [4.69, 9.17) is 5.11 Å². The summed E-state index contributed by atoms with van der Waals surface area (Å²) in [5.74, 6) is -1.28. The number of carboxylic acids is 1. The Labute approximate surface area is 93.8 Å². The molecule has 0 spiro atoms. The molecule has 2 aromatic heterocycles. The maximum Gasteiger partial charge on any atom is 0.356 e. The number of carboxylic acid groups (broad SMARTS) is 1. The van der Waals surface area contributed by atoms with Crippen molar-refractivity contribution in [3.63, 3.8) is 0 Å². The first-order valence-corrected chi connectivity index (χ1v) is 4.59. The Balaban J connectivity index is 3.02. The molecule has 0 amide bonds. The smallest absolute Gasteiger partial charge is 0.356 e. The number of hydrogen-bond donors (Lipinski definition) is 1. The second-order valence-corrected chi connectivity index (χ2v) is 3.44. The zero-order chi connectivity index (χ0) is 12.7. The zero-order valence-corrected chi connectivity index (χ0v) is 9.04. The summed E-state index contributed by atoms with van der Waals surface area (Å²) >= 11 is 0. The van der Waals surface area contributed by atoms with Crippen molar-refractivity contribution in [1.29, 1.82) is 0 Å². The van der Waals surface area contributed by atoms with Gasteiger partial charge in [-0.15, -0.1) is 0 Å². The van der Waals surface area contributed by atoms with Crippen LogP contribution in [-0.4, -0.2) is 30.2 Å². The second kappa shape index (κ2) is 3.51. The van der Waals surface area contributed by atoms with Crippen LogP contribution in [0.2, 0.25) is 0 Å². The Morgan fingerprint density at radius 3 is 2.53 bits per heavy atom. The lowest BCUT2D eigenvalue weighted by molar-refractivity contribution is 0.0690. The minimum absolute atomic E-state index is 0.0584. The Kier molecular flexibility index (Phi) is 2.27. The summed E-state index contributed by atoms with van der Waals surface area (Å²) < 4.78 is 1.98. The summed E-state index contributed by atoms with van der Waals surface area (Å²) in [6.45, 7) is 0. The van der Waals surface area contributed by atoms with Crippen LogP contribution in [0.1, 0.15) is 10.5 Å². The highest BCUT2D eigenvalue weighted by Gasteiger charge is 2.13. The first-order chi connectivity index (χ1) is 7.93. The van der Waals surface area contributed by atoms with Crippen LogP contribution in [0.5, 0.6) is 0 Å². The van der Waals surface area contributed by atoms with Crippen LogP contribution in [0.15, 0.2) is 15.8 Å². The van der Waals surface area contributed by atoms with Crippen molar-refractivity contribution in [3.05, 3.63) is 32.7 Å². The molecule has 0 radical (unpaired) electrons. The van der Waals surface area contributed by atoms with Crippen molar-refractivity contribution in [2.75, 3.05) is 0 Å². The predicted molar refractivity (Wildman–Crippen MR) is 57.0 cm³/mol. The first kappa shape index (κ1) is 11.0. The highest BCUT2D eigenvalue weighted by molar-refractivity contribution is 5.87. The van der Waals surface area contributed by atoms with Gasteiger partial charge in [-0.05, 0) is 0 Å². The number of aromatic nitrogens is 4. The molecule has 0 saturated carbocycles. The molecular formula is C9H8N4O4. The third kappa shape index (κ3) is 1.50. The molecule has 1 N–H and O–H groups in total. The topological polar surface area (TPSA) is 107 Å². The van der Waals surface area contributed by atoms with E-state index in [2.05, 4.69) is 9.97 Å². The van der Waals surface area contributed by atoms with Crippen LogP contribution in [-0.2, 0) is 14.1 Å². The van der Waals surface area contributed by atoms with E-state index in [0.717, 1.165) is 15.3 Å². The molecule has 88 valence electrons. The Bertz CT molecular complexity index is 743. The van der Waals surface area contributed by atoms with Gasteiger partial charge >= 0.3 is 11.7 Å². The van der Waals surface area contributed by atoms with Crippen LogP contribution < -0.4 is 11.2 Å². The van der Waals surface area contributed by atoms with Gasteiger partial charge in [-0.3, -0.25) is 13.9 Å². The molecule has 8 heteroatoms. The van der Waals surface area contributed by atoms with Gasteiger partial charge in [-0.25, -0.2) is 19.6 Å². The molecule has 0 aromatic carbocycles. The van der Waals surface area contributed by atoms with Gasteiger partial charge in [0.05, 0.1) is 6.20 Å².